The number of anilines is 1. The zero-order chi connectivity index (χ0) is 15.6. The van der Waals surface area contributed by atoms with Crippen molar-refractivity contribution in [2.45, 2.75) is 26.8 Å². The number of hydrogen-bond donors (Lipinski definition) is 1. The van der Waals surface area contributed by atoms with Crippen LogP contribution in [0.25, 0.3) is 0 Å². The SMILES string of the molecule is Cc1cc(NC(C)c2ccc(C)c([N+](=O)[O-])c2)ccc1F. The van der Waals surface area contributed by atoms with Crippen LogP contribution in [0.3, 0.4) is 0 Å². The molecule has 0 amide bonds. The van der Waals surface area contributed by atoms with E-state index in [1.165, 1.54) is 6.07 Å². The quantitative estimate of drug-likeness (QED) is 0.664. The van der Waals surface area contributed by atoms with Gasteiger partial charge in [-0.3, -0.25) is 10.1 Å². The molecule has 2 aromatic rings. The molecule has 0 heterocycles. The Labute approximate surface area is 122 Å². The number of aryl methyl sites for hydroxylation is 2. The van der Waals surface area contributed by atoms with Crippen LogP contribution in [-0.4, -0.2) is 4.92 Å². The summed E-state index contributed by atoms with van der Waals surface area (Å²) in [5.74, 6) is -0.251. The maximum absolute atomic E-state index is 13.2. The highest BCUT2D eigenvalue weighted by molar-refractivity contribution is 5.50. The highest BCUT2D eigenvalue weighted by atomic mass is 19.1. The number of rotatable bonds is 4. The van der Waals surface area contributed by atoms with Gasteiger partial charge in [0.05, 0.1) is 4.92 Å². The summed E-state index contributed by atoms with van der Waals surface area (Å²) in [5, 5.41) is 14.2. The van der Waals surface area contributed by atoms with Crippen molar-refractivity contribution >= 4 is 11.4 Å². The maximum atomic E-state index is 13.2. The van der Waals surface area contributed by atoms with Gasteiger partial charge in [-0.15, -0.1) is 0 Å². The third-order valence-electron chi connectivity index (χ3n) is 3.47. The van der Waals surface area contributed by atoms with E-state index in [0.717, 1.165) is 11.3 Å². The van der Waals surface area contributed by atoms with E-state index >= 15 is 0 Å². The molecule has 4 nitrogen and oxygen atoms in total. The number of hydrogen-bond acceptors (Lipinski definition) is 3. The topological polar surface area (TPSA) is 55.2 Å². The summed E-state index contributed by atoms with van der Waals surface area (Å²) in [7, 11) is 0. The van der Waals surface area contributed by atoms with Gasteiger partial charge in [0.25, 0.3) is 5.69 Å². The molecule has 0 aliphatic heterocycles. The van der Waals surface area contributed by atoms with E-state index in [9.17, 15) is 14.5 Å². The van der Waals surface area contributed by atoms with Crippen molar-refractivity contribution < 1.29 is 9.31 Å². The fourth-order valence-corrected chi connectivity index (χ4v) is 2.16. The first-order valence-corrected chi connectivity index (χ1v) is 6.66. The zero-order valence-electron chi connectivity index (χ0n) is 12.2. The molecule has 0 aliphatic rings. The molecule has 1 unspecified atom stereocenters. The fraction of sp³-hybridized carbons (Fsp3) is 0.250. The average Bonchev–Trinajstić information content (AvgIpc) is 2.43. The van der Waals surface area contributed by atoms with Crippen LogP contribution in [0.5, 0.6) is 0 Å². The van der Waals surface area contributed by atoms with Gasteiger partial charge in [-0.2, -0.15) is 0 Å². The predicted molar refractivity (Wildman–Crippen MR) is 81.0 cm³/mol. The number of halogens is 1. The summed E-state index contributed by atoms with van der Waals surface area (Å²) in [4.78, 5) is 10.6. The largest absolute Gasteiger partial charge is 0.379 e. The molecule has 1 N–H and O–H groups in total. The predicted octanol–water partition coefficient (Wildman–Crippen LogP) is 4.52. The van der Waals surface area contributed by atoms with Gasteiger partial charge < -0.3 is 5.32 Å². The van der Waals surface area contributed by atoms with E-state index in [1.54, 1.807) is 38.1 Å². The highest BCUT2D eigenvalue weighted by Gasteiger charge is 2.14. The molecule has 0 spiro atoms. The first kappa shape index (κ1) is 15.0. The monoisotopic (exact) mass is 288 g/mol. The first-order valence-electron chi connectivity index (χ1n) is 6.66. The molecule has 0 radical (unpaired) electrons. The third-order valence-corrected chi connectivity index (χ3v) is 3.47. The van der Waals surface area contributed by atoms with E-state index in [4.69, 9.17) is 0 Å². The highest BCUT2D eigenvalue weighted by Crippen LogP contribution is 2.26. The van der Waals surface area contributed by atoms with Gasteiger partial charge in [0.2, 0.25) is 0 Å². The molecule has 2 rings (SSSR count). The van der Waals surface area contributed by atoms with Crippen molar-refractivity contribution in [3.8, 4) is 0 Å². The Morgan fingerprint density at radius 1 is 1.14 bits per heavy atom. The molecule has 110 valence electrons. The van der Waals surface area contributed by atoms with Gasteiger partial charge in [-0.05, 0) is 50.1 Å². The molecular formula is C16H17FN2O2. The number of nitrogens with one attached hydrogen (secondary N) is 1. The van der Waals surface area contributed by atoms with Crippen molar-refractivity contribution in [1.82, 2.24) is 0 Å². The van der Waals surface area contributed by atoms with Gasteiger partial charge in [0.15, 0.2) is 0 Å². The lowest BCUT2D eigenvalue weighted by molar-refractivity contribution is -0.385. The Hall–Kier alpha value is -2.43. The Morgan fingerprint density at radius 2 is 1.86 bits per heavy atom. The average molecular weight is 288 g/mol. The van der Waals surface area contributed by atoms with Gasteiger partial charge >= 0.3 is 0 Å². The molecule has 2 aromatic carbocycles. The smallest absolute Gasteiger partial charge is 0.272 e. The molecule has 1 atom stereocenters. The normalized spacial score (nSPS) is 12.0. The van der Waals surface area contributed by atoms with Crippen LogP contribution in [0, 0.1) is 29.8 Å². The van der Waals surface area contributed by atoms with Crippen molar-refractivity contribution in [2.75, 3.05) is 5.32 Å². The summed E-state index contributed by atoms with van der Waals surface area (Å²) < 4.78 is 13.2. The second-order valence-electron chi connectivity index (χ2n) is 5.13. The lowest BCUT2D eigenvalue weighted by Crippen LogP contribution is -2.07. The van der Waals surface area contributed by atoms with Crippen LogP contribution in [0.1, 0.15) is 29.7 Å². The Morgan fingerprint density at radius 3 is 2.48 bits per heavy atom. The van der Waals surface area contributed by atoms with Crippen molar-refractivity contribution in [3.63, 3.8) is 0 Å². The molecule has 0 aliphatic carbocycles. The summed E-state index contributed by atoms with van der Waals surface area (Å²) in [6.45, 7) is 5.32. The van der Waals surface area contributed by atoms with Gasteiger partial charge in [0.1, 0.15) is 5.82 Å². The van der Waals surface area contributed by atoms with Crippen LogP contribution in [0.4, 0.5) is 15.8 Å². The molecule has 5 heteroatoms. The Balaban J connectivity index is 2.23. The number of benzene rings is 2. The van der Waals surface area contributed by atoms with E-state index < -0.39 is 0 Å². The van der Waals surface area contributed by atoms with Crippen LogP contribution >= 0.6 is 0 Å². The number of nitro benzene ring substituents is 1. The fourth-order valence-electron chi connectivity index (χ4n) is 2.16. The summed E-state index contributed by atoms with van der Waals surface area (Å²) >= 11 is 0. The molecule has 0 saturated carbocycles. The van der Waals surface area contributed by atoms with Gasteiger partial charge in [-0.25, -0.2) is 4.39 Å². The standard InChI is InChI=1S/C16H17FN2O2/c1-10-4-5-13(9-16(10)19(20)21)12(3)18-14-6-7-15(17)11(2)8-14/h4-9,12,18H,1-3H3. The third kappa shape index (κ3) is 3.37. The molecule has 0 aromatic heterocycles. The molecule has 0 saturated heterocycles. The van der Waals surface area contributed by atoms with E-state index in [1.807, 2.05) is 13.0 Å². The number of nitrogens with zero attached hydrogens (tertiary/aromatic N) is 1. The minimum atomic E-state index is -0.381. The number of nitro groups is 1. The summed E-state index contributed by atoms with van der Waals surface area (Å²) in [6, 6.07) is 9.83. The lowest BCUT2D eigenvalue weighted by Gasteiger charge is -2.16. The lowest BCUT2D eigenvalue weighted by atomic mass is 10.0. The Kier molecular flexibility index (Phi) is 4.21. The van der Waals surface area contributed by atoms with Crippen molar-refractivity contribution in [3.05, 3.63) is 69.0 Å². The van der Waals surface area contributed by atoms with Crippen LogP contribution in [0.2, 0.25) is 0 Å². The second kappa shape index (κ2) is 5.91. The van der Waals surface area contributed by atoms with E-state index in [2.05, 4.69) is 5.32 Å². The minimum Gasteiger partial charge on any atom is -0.379 e. The molecule has 21 heavy (non-hydrogen) atoms. The van der Waals surface area contributed by atoms with Crippen molar-refractivity contribution in [1.29, 1.82) is 0 Å². The second-order valence-corrected chi connectivity index (χ2v) is 5.13. The summed E-state index contributed by atoms with van der Waals surface area (Å²) in [6.07, 6.45) is 0. The van der Waals surface area contributed by atoms with Crippen LogP contribution < -0.4 is 5.32 Å². The van der Waals surface area contributed by atoms with Gasteiger partial charge in [0, 0.05) is 23.4 Å². The molecular weight excluding hydrogens is 271 g/mol. The maximum Gasteiger partial charge on any atom is 0.272 e. The molecule has 0 bridgehead atoms. The minimum absolute atomic E-state index is 0.108. The molecule has 0 fully saturated rings. The van der Waals surface area contributed by atoms with Crippen molar-refractivity contribution in [2.24, 2.45) is 0 Å². The van der Waals surface area contributed by atoms with Crippen LogP contribution in [-0.2, 0) is 0 Å². The Bertz CT molecular complexity index is 686. The van der Waals surface area contributed by atoms with E-state index in [0.29, 0.717) is 11.1 Å². The van der Waals surface area contributed by atoms with Crippen LogP contribution in [0.15, 0.2) is 36.4 Å². The first-order chi connectivity index (χ1) is 9.88. The van der Waals surface area contributed by atoms with E-state index in [-0.39, 0.29) is 22.5 Å². The van der Waals surface area contributed by atoms with Gasteiger partial charge in [-0.1, -0.05) is 12.1 Å². The zero-order valence-corrected chi connectivity index (χ0v) is 12.2. The summed E-state index contributed by atoms with van der Waals surface area (Å²) in [5.41, 5.74) is 2.89.